The summed E-state index contributed by atoms with van der Waals surface area (Å²) in [5, 5.41) is 10.3. The average molecular weight is 265 g/mol. The quantitative estimate of drug-likeness (QED) is 0.880. The topological polar surface area (TPSA) is 55.5 Å². The van der Waals surface area contributed by atoms with Crippen LogP contribution in [0.4, 0.5) is 0 Å². The number of aliphatic hydroxyl groups excluding tert-OH is 1. The van der Waals surface area contributed by atoms with Crippen molar-refractivity contribution in [3.8, 4) is 5.75 Å². The number of ether oxygens (including phenoxy) is 1. The Bertz CT molecular complexity index is 421. The number of hydrogen-bond acceptors (Lipinski definition) is 3. The lowest BCUT2D eigenvalue weighted by Crippen LogP contribution is -2.33. The van der Waals surface area contributed by atoms with Crippen LogP contribution in [0.5, 0.6) is 5.75 Å². The molecule has 3 nitrogen and oxygen atoms in total. The first kappa shape index (κ1) is 16.0. The van der Waals surface area contributed by atoms with Crippen molar-refractivity contribution in [1.29, 1.82) is 0 Å². The van der Waals surface area contributed by atoms with Crippen LogP contribution < -0.4 is 10.5 Å². The van der Waals surface area contributed by atoms with Crippen LogP contribution in [-0.4, -0.2) is 18.3 Å². The van der Waals surface area contributed by atoms with Crippen LogP contribution in [0.2, 0.25) is 0 Å². The molecule has 1 aromatic rings. The monoisotopic (exact) mass is 265 g/mol. The number of rotatable bonds is 4. The van der Waals surface area contributed by atoms with Crippen molar-refractivity contribution in [3.05, 3.63) is 29.3 Å². The number of nitrogens with two attached hydrogens (primary N) is 1. The van der Waals surface area contributed by atoms with Crippen LogP contribution in [0, 0.1) is 5.92 Å². The Morgan fingerprint density at radius 2 is 1.79 bits per heavy atom. The van der Waals surface area contributed by atoms with E-state index in [1.807, 2.05) is 32.0 Å². The maximum Gasteiger partial charge on any atom is 0.122 e. The smallest absolute Gasteiger partial charge is 0.122 e. The van der Waals surface area contributed by atoms with Gasteiger partial charge in [-0.1, -0.05) is 40.7 Å². The zero-order valence-corrected chi connectivity index (χ0v) is 12.9. The molecule has 0 heterocycles. The van der Waals surface area contributed by atoms with Gasteiger partial charge in [0.1, 0.15) is 5.75 Å². The minimum atomic E-state index is -0.646. The number of benzene rings is 1. The lowest BCUT2D eigenvalue weighted by Gasteiger charge is -2.26. The molecule has 0 saturated carbocycles. The molecule has 0 aromatic heterocycles. The van der Waals surface area contributed by atoms with E-state index < -0.39 is 6.10 Å². The highest BCUT2D eigenvalue weighted by molar-refractivity contribution is 5.42. The summed E-state index contributed by atoms with van der Waals surface area (Å²) in [5.41, 5.74) is 7.94. The standard InChI is InChI=1S/C16H27NO2/c1-10(2)14(17)15(18)11-7-8-13(19-6)12(9-11)16(3,4)5/h7-10,14-15,18H,17H2,1-6H3. The van der Waals surface area contributed by atoms with Crippen molar-refractivity contribution in [2.75, 3.05) is 7.11 Å². The van der Waals surface area contributed by atoms with Gasteiger partial charge in [-0.25, -0.2) is 0 Å². The predicted molar refractivity (Wildman–Crippen MR) is 79.5 cm³/mol. The summed E-state index contributed by atoms with van der Waals surface area (Å²) in [7, 11) is 1.67. The summed E-state index contributed by atoms with van der Waals surface area (Å²) in [6.45, 7) is 10.4. The van der Waals surface area contributed by atoms with Crippen LogP contribution in [0.1, 0.15) is 51.8 Å². The molecule has 0 aliphatic rings. The van der Waals surface area contributed by atoms with E-state index in [1.165, 1.54) is 0 Å². The van der Waals surface area contributed by atoms with Crippen LogP contribution in [0.25, 0.3) is 0 Å². The molecule has 2 unspecified atom stereocenters. The number of methoxy groups -OCH3 is 1. The van der Waals surface area contributed by atoms with Crippen LogP contribution >= 0.6 is 0 Å². The van der Waals surface area contributed by atoms with E-state index in [-0.39, 0.29) is 17.4 Å². The van der Waals surface area contributed by atoms with Crippen molar-refractivity contribution in [2.45, 2.75) is 52.2 Å². The van der Waals surface area contributed by atoms with E-state index in [0.29, 0.717) is 0 Å². The largest absolute Gasteiger partial charge is 0.496 e. The predicted octanol–water partition coefficient (Wildman–Crippen LogP) is 3.01. The van der Waals surface area contributed by atoms with Crippen molar-refractivity contribution >= 4 is 0 Å². The van der Waals surface area contributed by atoms with E-state index in [9.17, 15) is 5.11 Å². The summed E-state index contributed by atoms with van der Waals surface area (Å²) in [6, 6.07) is 5.54. The molecule has 3 N–H and O–H groups in total. The molecule has 0 aliphatic carbocycles. The van der Waals surface area contributed by atoms with Gasteiger partial charge in [0.15, 0.2) is 0 Å². The molecule has 19 heavy (non-hydrogen) atoms. The van der Waals surface area contributed by atoms with Gasteiger partial charge in [-0.3, -0.25) is 0 Å². The summed E-state index contributed by atoms with van der Waals surface area (Å²) in [4.78, 5) is 0. The zero-order valence-electron chi connectivity index (χ0n) is 12.9. The maximum absolute atomic E-state index is 10.3. The summed E-state index contributed by atoms with van der Waals surface area (Å²) < 4.78 is 5.40. The van der Waals surface area contributed by atoms with Gasteiger partial charge in [-0.15, -0.1) is 0 Å². The fourth-order valence-corrected chi connectivity index (χ4v) is 2.08. The molecule has 0 radical (unpaired) electrons. The van der Waals surface area contributed by atoms with E-state index in [2.05, 4.69) is 20.8 Å². The molecule has 1 rings (SSSR count). The normalized spacial score (nSPS) is 15.4. The van der Waals surface area contributed by atoms with Crippen molar-refractivity contribution in [2.24, 2.45) is 11.7 Å². The molecule has 0 bridgehead atoms. The SMILES string of the molecule is COc1ccc(C(O)C(N)C(C)C)cc1C(C)(C)C. The summed E-state index contributed by atoms with van der Waals surface area (Å²) in [6.07, 6.45) is -0.646. The Morgan fingerprint density at radius 1 is 1.21 bits per heavy atom. The molecule has 1 aromatic carbocycles. The summed E-state index contributed by atoms with van der Waals surface area (Å²) in [5.74, 6) is 1.08. The minimum absolute atomic E-state index is 0.0387. The molecule has 108 valence electrons. The highest BCUT2D eigenvalue weighted by atomic mass is 16.5. The summed E-state index contributed by atoms with van der Waals surface area (Å²) >= 11 is 0. The van der Waals surface area contributed by atoms with Crippen LogP contribution in [-0.2, 0) is 5.41 Å². The fourth-order valence-electron chi connectivity index (χ4n) is 2.08. The third-order valence-electron chi connectivity index (χ3n) is 3.51. The molecule has 2 atom stereocenters. The Morgan fingerprint density at radius 3 is 2.21 bits per heavy atom. The average Bonchev–Trinajstić information content (AvgIpc) is 2.35. The first-order valence-corrected chi connectivity index (χ1v) is 6.80. The zero-order chi connectivity index (χ0) is 14.8. The molecular weight excluding hydrogens is 238 g/mol. The lowest BCUT2D eigenvalue weighted by atomic mass is 9.83. The molecule has 3 heteroatoms. The van der Waals surface area contributed by atoms with Crippen LogP contribution in [0.3, 0.4) is 0 Å². The van der Waals surface area contributed by atoms with Gasteiger partial charge in [0.05, 0.1) is 13.2 Å². The third-order valence-corrected chi connectivity index (χ3v) is 3.51. The van der Waals surface area contributed by atoms with E-state index in [1.54, 1.807) is 7.11 Å². The van der Waals surface area contributed by atoms with E-state index >= 15 is 0 Å². The van der Waals surface area contributed by atoms with Crippen molar-refractivity contribution < 1.29 is 9.84 Å². The molecule has 0 spiro atoms. The number of aliphatic hydroxyl groups is 1. The molecule has 0 saturated heterocycles. The molecule has 0 amide bonds. The van der Waals surface area contributed by atoms with Gasteiger partial charge in [0.25, 0.3) is 0 Å². The Labute approximate surface area is 116 Å². The van der Waals surface area contributed by atoms with Crippen molar-refractivity contribution in [1.82, 2.24) is 0 Å². The molecule has 0 fully saturated rings. The first-order valence-electron chi connectivity index (χ1n) is 6.80. The van der Waals surface area contributed by atoms with Gasteiger partial charge >= 0.3 is 0 Å². The van der Waals surface area contributed by atoms with Gasteiger partial charge in [0.2, 0.25) is 0 Å². The minimum Gasteiger partial charge on any atom is -0.496 e. The van der Waals surface area contributed by atoms with Gasteiger partial charge in [0, 0.05) is 6.04 Å². The second-order valence-corrected chi connectivity index (χ2v) is 6.48. The van der Waals surface area contributed by atoms with Crippen molar-refractivity contribution in [3.63, 3.8) is 0 Å². The third kappa shape index (κ3) is 3.71. The van der Waals surface area contributed by atoms with Gasteiger partial charge in [-0.2, -0.15) is 0 Å². The lowest BCUT2D eigenvalue weighted by molar-refractivity contribution is 0.125. The van der Waals surface area contributed by atoms with Gasteiger partial charge in [-0.05, 0) is 34.6 Å². The fraction of sp³-hybridized carbons (Fsp3) is 0.625. The van der Waals surface area contributed by atoms with Crippen LogP contribution in [0.15, 0.2) is 18.2 Å². The highest BCUT2D eigenvalue weighted by Gasteiger charge is 2.24. The molecular formula is C16H27NO2. The second-order valence-electron chi connectivity index (χ2n) is 6.48. The Balaban J connectivity index is 3.18. The van der Waals surface area contributed by atoms with E-state index in [4.69, 9.17) is 10.5 Å². The van der Waals surface area contributed by atoms with E-state index in [0.717, 1.165) is 16.9 Å². The highest BCUT2D eigenvalue weighted by Crippen LogP contribution is 2.34. The number of hydrogen-bond donors (Lipinski definition) is 2. The Kier molecular flexibility index (Phi) is 4.99. The first-order chi connectivity index (χ1) is 8.68. The maximum atomic E-state index is 10.3. The Hall–Kier alpha value is -1.06. The van der Waals surface area contributed by atoms with Gasteiger partial charge < -0.3 is 15.6 Å². The second kappa shape index (κ2) is 5.93. The molecule has 0 aliphatic heterocycles.